The van der Waals surface area contributed by atoms with Crippen LogP contribution < -0.4 is 16.0 Å². The van der Waals surface area contributed by atoms with Crippen molar-refractivity contribution in [2.45, 2.75) is 20.8 Å². The molecular formula is C16H25N3O9. The first-order valence-corrected chi connectivity index (χ1v) is 8.38. The molecule has 0 aliphatic rings. The van der Waals surface area contributed by atoms with Crippen LogP contribution in [0.1, 0.15) is 20.8 Å². The zero-order valence-electron chi connectivity index (χ0n) is 16.0. The van der Waals surface area contributed by atoms with Crippen molar-refractivity contribution in [2.75, 3.05) is 39.5 Å². The van der Waals surface area contributed by atoms with Crippen LogP contribution in [-0.2, 0) is 43.0 Å². The molecule has 0 bridgehead atoms. The van der Waals surface area contributed by atoms with Gasteiger partial charge in [0.05, 0.1) is 19.6 Å². The highest BCUT2D eigenvalue weighted by molar-refractivity contribution is 6.17. The number of nitrogens with one attached hydrogen (secondary N) is 3. The van der Waals surface area contributed by atoms with E-state index < -0.39 is 41.5 Å². The lowest BCUT2D eigenvalue weighted by Crippen LogP contribution is -2.51. The summed E-state index contributed by atoms with van der Waals surface area (Å²) in [5.74, 6) is -6.12. The van der Waals surface area contributed by atoms with Crippen LogP contribution in [0.3, 0.4) is 0 Å². The van der Waals surface area contributed by atoms with Gasteiger partial charge in [-0.3, -0.25) is 28.8 Å². The average molecular weight is 403 g/mol. The lowest BCUT2D eigenvalue weighted by Gasteiger charge is -2.16. The molecule has 0 saturated carbocycles. The number of amides is 3. The van der Waals surface area contributed by atoms with Crippen LogP contribution >= 0.6 is 0 Å². The molecule has 0 aromatic carbocycles. The molecule has 3 amide bonds. The Morgan fingerprint density at radius 2 is 0.821 bits per heavy atom. The Balaban J connectivity index is 4.73. The van der Waals surface area contributed by atoms with Gasteiger partial charge in [0.25, 0.3) is 0 Å². The Kier molecular flexibility index (Phi) is 12.4. The van der Waals surface area contributed by atoms with E-state index in [1.807, 2.05) is 0 Å². The van der Waals surface area contributed by atoms with Gasteiger partial charge < -0.3 is 30.2 Å². The minimum Gasteiger partial charge on any atom is -0.464 e. The van der Waals surface area contributed by atoms with Gasteiger partial charge in [-0.15, -0.1) is 0 Å². The van der Waals surface area contributed by atoms with Gasteiger partial charge in [0, 0.05) is 20.8 Å². The van der Waals surface area contributed by atoms with Gasteiger partial charge in [0.1, 0.15) is 19.8 Å². The molecule has 0 heterocycles. The maximum atomic E-state index is 12.2. The minimum atomic E-state index is -1.74. The van der Waals surface area contributed by atoms with Crippen molar-refractivity contribution < 1.29 is 43.0 Å². The summed E-state index contributed by atoms with van der Waals surface area (Å²) in [4.78, 5) is 68.7. The molecule has 0 unspecified atom stereocenters. The Hall–Kier alpha value is -3.18. The third-order valence-electron chi connectivity index (χ3n) is 2.91. The quantitative estimate of drug-likeness (QED) is 0.140. The number of esters is 3. The van der Waals surface area contributed by atoms with Crippen molar-refractivity contribution in [3.63, 3.8) is 0 Å². The fourth-order valence-corrected chi connectivity index (χ4v) is 1.77. The van der Waals surface area contributed by atoms with Crippen LogP contribution in [0.5, 0.6) is 0 Å². The summed E-state index contributed by atoms with van der Waals surface area (Å²) in [7, 11) is 0. The summed E-state index contributed by atoms with van der Waals surface area (Å²) < 4.78 is 13.9. The molecule has 0 spiro atoms. The topological polar surface area (TPSA) is 166 Å². The Morgan fingerprint density at radius 1 is 0.571 bits per heavy atom. The van der Waals surface area contributed by atoms with E-state index in [9.17, 15) is 28.8 Å². The van der Waals surface area contributed by atoms with Crippen LogP contribution in [0, 0.1) is 5.92 Å². The largest absolute Gasteiger partial charge is 0.464 e. The highest BCUT2D eigenvalue weighted by atomic mass is 16.5. The number of carbonyl (C=O) groups excluding carboxylic acids is 6. The van der Waals surface area contributed by atoms with Gasteiger partial charge in [-0.2, -0.15) is 0 Å². The second-order valence-corrected chi connectivity index (χ2v) is 5.33. The number of ether oxygens (including phenoxy) is 3. The normalized spacial score (nSPS) is 9.86. The first-order chi connectivity index (χ1) is 13.1. The van der Waals surface area contributed by atoms with E-state index in [0.29, 0.717) is 0 Å². The van der Waals surface area contributed by atoms with Crippen molar-refractivity contribution in [2.24, 2.45) is 5.92 Å². The maximum Gasteiger partial charge on any atom is 0.302 e. The van der Waals surface area contributed by atoms with Gasteiger partial charge in [-0.25, -0.2) is 0 Å². The minimum absolute atomic E-state index is 0.101. The highest BCUT2D eigenvalue weighted by Crippen LogP contribution is 1.99. The van der Waals surface area contributed by atoms with E-state index in [0.717, 1.165) is 0 Å². The first-order valence-electron chi connectivity index (χ1n) is 8.38. The smallest absolute Gasteiger partial charge is 0.302 e. The molecule has 12 heteroatoms. The summed E-state index contributed by atoms with van der Waals surface area (Å²) in [5, 5.41) is 6.93. The van der Waals surface area contributed by atoms with Crippen LogP contribution in [0.25, 0.3) is 0 Å². The molecule has 0 aromatic heterocycles. The van der Waals surface area contributed by atoms with Gasteiger partial charge in [-0.1, -0.05) is 0 Å². The highest BCUT2D eigenvalue weighted by Gasteiger charge is 2.33. The molecule has 0 fully saturated rings. The predicted molar refractivity (Wildman–Crippen MR) is 92.4 cm³/mol. The van der Waals surface area contributed by atoms with Crippen molar-refractivity contribution >= 4 is 35.6 Å². The lowest BCUT2D eigenvalue weighted by molar-refractivity contribution is -0.147. The molecule has 0 atom stereocenters. The van der Waals surface area contributed by atoms with Gasteiger partial charge in [0.15, 0.2) is 5.92 Å². The van der Waals surface area contributed by atoms with E-state index in [1.165, 1.54) is 20.8 Å². The number of hydrogen-bond acceptors (Lipinski definition) is 9. The second kappa shape index (κ2) is 13.9. The average Bonchev–Trinajstić information content (AvgIpc) is 2.59. The van der Waals surface area contributed by atoms with Crippen LogP contribution in [-0.4, -0.2) is 75.1 Å². The Labute approximate surface area is 161 Å². The summed E-state index contributed by atoms with van der Waals surface area (Å²) in [6.45, 7) is 2.89. The van der Waals surface area contributed by atoms with E-state index >= 15 is 0 Å². The van der Waals surface area contributed by atoms with Crippen LogP contribution in [0.2, 0.25) is 0 Å². The van der Waals surface area contributed by atoms with Crippen molar-refractivity contribution in [3.05, 3.63) is 0 Å². The van der Waals surface area contributed by atoms with Crippen LogP contribution in [0.4, 0.5) is 0 Å². The lowest BCUT2D eigenvalue weighted by atomic mass is 10.1. The fraction of sp³-hybridized carbons (Fsp3) is 0.625. The standard InChI is InChI=1S/C16H25N3O9/c1-10(20)26-7-4-17-14(23)13(15(24)18-5-8-27-11(2)21)16(25)19-6-9-28-12(3)22/h13H,4-9H2,1-3H3,(H,17,23)(H,18,24)(H,19,25). The first kappa shape index (κ1) is 24.8. The molecule has 0 aromatic rings. The van der Waals surface area contributed by atoms with E-state index in [2.05, 4.69) is 30.2 Å². The van der Waals surface area contributed by atoms with Crippen LogP contribution in [0.15, 0.2) is 0 Å². The number of rotatable bonds is 12. The molecule has 0 radical (unpaired) electrons. The van der Waals surface area contributed by atoms with Gasteiger partial charge in [0.2, 0.25) is 17.7 Å². The summed E-state index contributed by atoms with van der Waals surface area (Å²) >= 11 is 0. The van der Waals surface area contributed by atoms with Gasteiger partial charge >= 0.3 is 17.9 Å². The number of hydrogen-bond donors (Lipinski definition) is 3. The second-order valence-electron chi connectivity index (χ2n) is 5.33. The third-order valence-corrected chi connectivity index (χ3v) is 2.91. The molecule has 3 N–H and O–H groups in total. The van der Waals surface area contributed by atoms with Crippen molar-refractivity contribution in [1.82, 2.24) is 16.0 Å². The molecule has 28 heavy (non-hydrogen) atoms. The molecule has 0 aliphatic heterocycles. The monoisotopic (exact) mass is 403 g/mol. The Bertz CT molecular complexity index is 511. The molecule has 0 saturated heterocycles. The summed E-state index contributed by atoms with van der Waals surface area (Å²) in [6, 6.07) is 0. The summed E-state index contributed by atoms with van der Waals surface area (Å²) in [5.41, 5.74) is 0. The fourth-order valence-electron chi connectivity index (χ4n) is 1.77. The van der Waals surface area contributed by atoms with Crippen molar-refractivity contribution in [3.8, 4) is 0 Å². The number of carbonyl (C=O) groups is 6. The Morgan fingerprint density at radius 3 is 1.04 bits per heavy atom. The third kappa shape index (κ3) is 12.2. The maximum absolute atomic E-state index is 12.2. The van der Waals surface area contributed by atoms with E-state index in [1.54, 1.807) is 0 Å². The zero-order chi connectivity index (χ0) is 21.5. The molecule has 0 rings (SSSR count). The molecule has 12 nitrogen and oxygen atoms in total. The summed E-state index contributed by atoms with van der Waals surface area (Å²) in [6.07, 6.45) is 0. The van der Waals surface area contributed by atoms with E-state index in [-0.39, 0.29) is 39.5 Å². The molecular weight excluding hydrogens is 378 g/mol. The van der Waals surface area contributed by atoms with Crippen molar-refractivity contribution in [1.29, 1.82) is 0 Å². The zero-order valence-corrected chi connectivity index (χ0v) is 16.0. The van der Waals surface area contributed by atoms with Gasteiger partial charge in [-0.05, 0) is 0 Å². The van der Waals surface area contributed by atoms with E-state index in [4.69, 9.17) is 0 Å². The predicted octanol–water partition coefficient (Wildman–Crippen LogP) is -2.36. The molecule has 0 aliphatic carbocycles. The SMILES string of the molecule is CC(=O)OCCNC(=O)C(C(=O)NCCOC(C)=O)C(=O)NCCOC(C)=O. The molecule has 158 valence electrons.